The summed E-state index contributed by atoms with van der Waals surface area (Å²) in [6.45, 7) is 2.34. The fourth-order valence-corrected chi connectivity index (χ4v) is 2.11. The lowest BCUT2D eigenvalue weighted by Crippen LogP contribution is -2.22. The highest BCUT2D eigenvalue weighted by Gasteiger charge is 2.07. The van der Waals surface area contributed by atoms with Crippen molar-refractivity contribution in [1.82, 2.24) is 14.7 Å². The quantitative estimate of drug-likeness (QED) is 0.803. The number of amides is 1. The van der Waals surface area contributed by atoms with Crippen LogP contribution in [0.5, 0.6) is 0 Å². The van der Waals surface area contributed by atoms with Crippen LogP contribution in [0.3, 0.4) is 0 Å². The Labute approximate surface area is 121 Å². The molecule has 0 radical (unpaired) electrons. The Morgan fingerprint density at radius 3 is 2.71 bits per heavy atom. The van der Waals surface area contributed by atoms with Gasteiger partial charge < -0.3 is 9.72 Å². The highest BCUT2D eigenvalue weighted by molar-refractivity contribution is 5.94. The number of halogens is 1. The van der Waals surface area contributed by atoms with E-state index in [1.165, 1.54) is 24.3 Å². The van der Waals surface area contributed by atoms with Gasteiger partial charge in [0.15, 0.2) is 0 Å². The molecule has 3 aromatic rings. The monoisotopic (exact) mass is 283 g/mol. The van der Waals surface area contributed by atoms with E-state index in [4.69, 9.17) is 0 Å². The Hall–Kier alpha value is -2.69. The summed E-state index contributed by atoms with van der Waals surface area (Å²) >= 11 is 0. The molecule has 2 heterocycles. The minimum atomic E-state index is -0.359. The third-order valence-electron chi connectivity index (χ3n) is 3.19. The number of carbonyl (C=O) groups is 1. The van der Waals surface area contributed by atoms with E-state index in [2.05, 4.69) is 10.3 Å². The number of hydrogen-bond donors (Lipinski definition) is 1. The van der Waals surface area contributed by atoms with E-state index in [0.29, 0.717) is 12.1 Å². The number of imidazole rings is 1. The lowest BCUT2D eigenvalue weighted by Gasteiger charge is -2.02. The van der Waals surface area contributed by atoms with E-state index >= 15 is 0 Å². The van der Waals surface area contributed by atoms with Crippen LogP contribution in [0.15, 0.2) is 48.8 Å². The summed E-state index contributed by atoms with van der Waals surface area (Å²) in [6.07, 6.45) is 3.86. The second kappa shape index (κ2) is 5.36. The summed E-state index contributed by atoms with van der Waals surface area (Å²) < 4.78 is 14.7. The van der Waals surface area contributed by atoms with Crippen LogP contribution in [0, 0.1) is 12.7 Å². The number of nitrogens with zero attached hydrogens (tertiary/aromatic N) is 2. The zero-order valence-corrected chi connectivity index (χ0v) is 11.5. The number of aromatic nitrogens is 2. The van der Waals surface area contributed by atoms with Crippen LogP contribution < -0.4 is 5.32 Å². The van der Waals surface area contributed by atoms with E-state index in [-0.39, 0.29) is 11.7 Å². The van der Waals surface area contributed by atoms with Crippen molar-refractivity contribution in [2.24, 2.45) is 0 Å². The van der Waals surface area contributed by atoms with Crippen molar-refractivity contribution in [3.63, 3.8) is 0 Å². The summed E-state index contributed by atoms with van der Waals surface area (Å²) in [6, 6.07) is 9.37. The fraction of sp³-hybridized carbons (Fsp3) is 0.125. The van der Waals surface area contributed by atoms with Crippen molar-refractivity contribution in [2.45, 2.75) is 13.5 Å². The third-order valence-corrected chi connectivity index (χ3v) is 3.19. The predicted molar refractivity (Wildman–Crippen MR) is 77.5 cm³/mol. The van der Waals surface area contributed by atoms with Gasteiger partial charge in [0.2, 0.25) is 0 Å². The molecule has 0 bridgehead atoms. The van der Waals surface area contributed by atoms with Crippen LogP contribution in [-0.4, -0.2) is 15.3 Å². The zero-order chi connectivity index (χ0) is 14.8. The number of rotatable bonds is 3. The van der Waals surface area contributed by atoms with E-state index in [1.807, 2.05) is 35.9 Å². The Balaban J connectivity index is 1.71. The van der Waals surface area contributed by atoms with E-state index in [0.717, 1.165) is 16.9 Å². The molecule has 5 heteroatoms. The fourth-order valence-electron chi connectivity index (χ4n) is 2.11. The molecule has 1 N–H and O–H groups in total. The molecule has 0 fully saturated rings. The van der Waals surface area contributed by atoms with Crippen LogP contribution in [-0.2, 0) is 6.54 Å². The van der Waals surface area contributed by atoms with Gasteiger partial charge in [0.1, 0.15) is 11.5 Å². The summed E-state index contributed by atoms with van der Waals surface area (Å²) in [7, 11) is 0. The Bertz CT molecular complexity index is 793. The number of pyridine rings is 1. The number of aryl methyl sites for hydroxylation is 1. The van der Waals surface area contributed by atoms with Crippen LogP contribution in [0.2, 0.25) is 0 Å². The average molecular weight is 283 g/mol. The molecule has 1 aromatic carbocycles. The van der Waals surface area contributed by atoms with Gasteiger partial charge in [0.25, 0.3) is 5.91 Å². The largest absolute Gasteiger partial charge is 0.346 e. The zero-order valence-electron chi connectivity index (χ0n) is 11.5. The Morgan fingerprint density at radius 2 is 1.95 bits per heavy atom. The second-order valence-electron chi connectivity index (χ2n) is 4.89. The average Bonchev–Trinajstić information content (AvgIpc) is 2.87. The molecular weight excluding hydrogens is 269 g/mol. The van der Waals surface area contributed by atoms with Crippen molar-refractivity contribution in [3.05, 3.63) is 71.4 Å². The lowest BCUT2D eigenvalue weighted by molar-refractivity contribution is 0.0950. The normalized spacial score (nSPS) is 10.8. The van der Waals surface area contributed by atoms with Gasteiger partial charge in [0.05, 0.1) is 12.2 Å². The highest BCUT2D eigenvalue weighted by atomic mass is 19.1. The molecule has 0 aliphatic heterocycles. The number of fused-ring (bicyclic) bond motifs is 1. The molecule has 2 aromatic heterocycles. The predicted octanol–water partition coefficient (Wildman–Crippen LogP) is 2.71. The minimum Gasteiger partial charge on any atom is -0.346 e. The number of hydrogen-bond acceptors (Lipinski definition) is 2. The maximum absolute atomic E-state index is 12.8. The topological polar surface area (TPSA) is 46.4 Å². The smallest absolute Gasteiger partial charge is 0.251 e. The van der Waals surface area contributed by atoms with E-state index < -0.39 is 0 Å². The van der Waals surface area contributed by atoms with Gasteiger partial charge in [-0.15, -0.1) is 0 Å². The van der Waals surface area contributed by atoms with E-state index in [9.17, 15) is 9.18 Å². The molecule has 4 nitrogen and oxygen atoms in total. The SMILES string of the molecule is Cc1ccc2nc(CNC(=O)c3ccc(F)cc3)cn2c1. The summed E-state index contributed by atoms with van der Waals surface area (Å²) in [5.41, 5.74) is 3.18. The molecule has 0 aliphatic carbocycles. The first-order chi connectivity index (χ1) is 10.1. The van der Waals surface area contributed by atoms with Gasteiger partial charge in [-0.25, -0.2) is 9.37 Å². The van der Waals surface area contributed by atoms with Crippen molar-refractivity contribution in [3.8, 4) is 0 Å². The molecule has 0 spiro atoms. The molecule has 3 rings (SSSR count). The van der Waals surface area contributed by atoms with Crippen molar-refractivity contribution in [1.29, 1.82) is 0 Å². The summed E-state index contributed by atoms with van der Waals surface area (Å²) in [4.78, 5) is 16.4. The molecule has 0 saturated heterocycles. The molecule has 0 atom stereocenters. The van der Waals surface area contributed by atoms with Crippen LogP contribution in [0.1, 0.15) is 21.6 Å². The number of carbonyl (C=O) groups excluding carboxylic acids is 1. The van der Waals surface area contributed by atoms with Gasteiger partial charge in [-0.3, -0.25) is 4.79 Å². The van der Waals surface area contributed by atoms with Gasteiger partial charge in [-0.05, 0) is 42.8 Å². The Kier molecular flexibility index (Phi) is 3.39. The molecule has 106 valence electrons. The van der Waals surface area contributed by atoms with Crippen molar-refractivity contribution < 1.29 is 9.18 Å². The number of benzene rings is 1. The maximum atomic E-state index is 12.8. The summed E-state index contributed by atoms with van der Waals surface area (Å²) in [5, 5.41) is 2.77. The molecule has 0 aliphatic rings. The van der Waals surface area contributed by atoms with Gasteiger partial charge in [0, 0.05) is 18.0 Å². The highest BCUT2D eigenvalue weighted by Crippen LogP contribution is 2.08. The van der Waals surface area contributed by atoms with Crippen molar-refractivity contribution >= 4 is 11.6 Å². The third kappa shape index (κ3) is 2.91. The van der Waals surface area contributed by atoms with Crippen LogP contribution in [0.4, 0.5) is 4.39 Å². The first kappa shape index (κ1) is 13.3. The van der Waals surface area contributed by atoms with E-state index in [1.54, 1.807) is 0 Å². The molecule has 1 amide bonds. The lowest BCUT2D eigenvalue weighted by atomic mass is 10.2. The molecule has 21 heavy (non-hydrogen) atoms. The van der Waals surface area contributed by atoms with Crippen LogP contribution in [0.25, 0.3) is 5.65 Å². The standard InChI is InChI=1S/C16H14FN3O/c1-11-2-7-15-19-14(10-20(15)9-11)8-18-16(21)12-3-5-13(17)6-4-12/h2-7,9-10H,8H2,1H3,(H,18,21). The minimum absolute atomic E-state index is 0.247. The van der Waals surface area contributed by atoms with Crippen molar-refractivity contribution in [2.75, 3.05) is 0 Å². The molecule has 0 saturated carbocycles. The first-order valence-corrected chi connectivity index (χ1v) is 6.60. The van der Waals surface area contributed by atoms with Crippen LogP contribution >= 0.6 is 0 Å². The maximum Gasteiger partial charge on any atom is 0.251 e. The number of nitrogens with one attached hydrogen (secondary N) is 1. The molecule has 0 unspecified atom stereocenters. The van der Waals surface area contributed by atoms with Gasteiger partial charge >= 0.3 is 0 Å². The Morgan fingerprint density at radius 1 is 1.19 bits per heavy atom. The summed E-state index contributed by atoms with van der Waals surface area (Å²) in [5.74, 6) is -0.606. The van der Waals surface area contributed by atoms with Gasteiger partial charge in [-0.2, -0.15) is 0 Å². The first-order valence-electron chi connectivity index (χ1n) is 6.60. The second-order valence-corrected chi connectivity index (χ2v) is 4.89. The molecular formula is C16H14FN3O. The van der Waals surface area contributed by atoms with Gasteiger partial charge in [-0.1, -0.05) is 6.07 Å².